The van der Waals surface area contributed by atoms with E-state index in [1.807, 2.05) is 0 Å². The van der Waals surface area contributed by atoms with E-state index in [-0.39, 0.29) is 0 Å². The Morgan fingerprint density at radius 3 is 1.93 bits per heavy atom. The van der Waals surface area contributed by atoms with Crippen molar-refractivity contribution in [1.82, 2.24) is 16.0 Å². The lowest BCUT2D eigenvalue weighted by Gasteiger charge is -2.25. The number of aliphatic hydroxyl groups excluding tert-OH is 2. The number of aliphatic hydroxyl groups is 2. The van der Waals surface area contributed by atoms with E-state index in [9.17, 15) is 34.2 Å². The number of amides is 4. The van der Waals surface area contributed by atoms with Crippen LogP contribution >= 0.6 is 0 Å². The fourth-order valence-corrected chi connectivity index (χ4v) is 1.81. The number of carbonyl (C=O) groups excluding carboxylic acids is 4. The first-order valence-electron chi connectivity index (χ1n) is 7.87. The van der Waals surface area contributed by atoms with E-state index in [4.69, 9.17) is 16.6 Å². The number of hydrogen-bond donors (Lipinski definition) is 8. The Hall–Kier alpha value is -2.77. The SMILES string of the molecule is CC(NC(=O)C(CO)NC(=O)C(NC(=O)C(N)CC(N)=O)C(C)O)C(=O)O. The molecule has 0 fully saturated rings. The molecule has 5 atom stereocenters. The lowest BCUT2D eigenvalue weighted by molar-refractivity contribution is -0.142. The number of carboxylic acids is 1. The van der Waals surface area contributed by atoms with Crippen LogP contribution in [0.25, 0.3) is 0 Å². The van der Waals surface area contributed by atoms with Gasteiger partial charge in [0, 0.05) is 0 Å². The van der Waals surface area contributed by atoms with Gasteiger partial charge in [0.25, 0.3) is 0 Å². The molecule has 0 bridgehead atoms. The maximum atomic E-state index is 12.2. The van der Waals surface area contributed by atoms with Crippen LogP contribution in [0.2, 0.25) is 0 Å². The number of primary amides is 1. The van der Waals surface area contributed by atoms with Crippen molar-refractivity contribution in [2.75, 3.05) is 6.61 Å². The van der Waals surface area contributed by atoms with Crippen LogP contribution in [0.15, 0.2) is 0 Å². The summed E-state index contributed by atoms with van der Waals surface area (Å²) in [6.07, 6.45) is -1.91. The average Bonchev–Trinajstić information content (AvgIpc) is 2.55. The van der Waals surface area contributed by atoms with Crippen LogP contribution in [0, 0.1) is 0 Å². The average molecular weight is 391 g/mol. The topological polar surface area (TPSA) is 234 Å². The van der Waals surface area contributed by atoms with Gasteiger partial charge in [-0.3, -0.25) is 24.0 Å². The highest BCUT2D eigenvalue weighted by molar-refractivity contribution is 5.95. The van der Waals surface area contributed by atoms with E-state index in [0.29, 0.717) is 0 Å². The van der Waals surface area contributed by atoms with E-state index < -0.39 is 72.9 Å². The number of rotatable bonds is 11. The zero-order valence-corrected chi connectivity index (χ0v) is 14.8. The highest BCUT2D eigenvalue weighted by Gasteiger charge is 2.31. The summed E-state index contributed by atoms with van der Waals surface area (Å²) in [6, 6.07) is -5.72. The molecule has 0 aliphatic rings. The minimum atomic E-state index is -1.56. The van der Waals surface area contributed by atoms with Gasteiger partial charge in [-0.15, -0.1) is 0 Å². The van der Waals surface area contributed by atoms with Crippen molar-refractivity contribution in [2.45, 2.75) is 50.5 Å². The number of aliphatic carboxylic acids is 1. The minimum Gasteiger partial charge on any atom is -0.480 e. The molecule has 10 N–H and O–H groups in total. The van der Waals surface area contributed by atoms with Crippen molar-refractivity contribution in [3.05, 3.63) is 0 Å². The van der Waals surface area contributed by atoms with Crippen molar-refractivity contribution in [3.63, 3.8) is 0 Å². The summed E-state index contributed by atoms with van der Waals surface area (Å²) in [7, 11) is 0. The van der Waals surface area contributed by atoms with Gasteiger partial charge in [0.1, 0.15) is 18.1 Å². The molecule has 13 nitrogen and oxygen atoms in total. The normalized spacial score (nSPS) is 16.2. The Morgan fingerprint density at radius 2 is 1.52 bits per heavy atom. The van der Waals surface area contributed by atoms with Crippen molar-refractivity contribution in [3.8, 4) is 0 Å². The van der Waals surface area contributed by atoms with E-state index in [2.05, 4.69) is 16.0 Å². The molecule has 4 amide bonds. The summed E-state index contributed by atoms with van der Waals surface area (Å²) in [4.78, 5) is 57.5. The first-order chi connectivity index (χ1) is 12.4. The van der Waals surface area contributed by atoms with Crippen molar-refractivity contribution >= 4 is 29.6 Å². The molecule has 0 aromatic heterocycles. The van der Waals surface area contributed by atoms with Crippen LogP contribution in [0.5, 0.6) is 0 Å². The summed E-state index contributed by atoms with van der Waals surface area (Å²) < 4.78 is 0. The molecule has 0 heterocycles. The molecule has 0 spiro atoms. The first kappa shape index (κ1) is 24.2. The predicted octanol–water partition coefficient (Wildman–Crippen LogP) is -4.88. The molecule has 0 aliphatic heterocycles. The third kappa shape index (κ3) is 8.44. The molecular formula is C14H25N5O8. The number of carbonyl (C=O) groups is 5. The Kier molecular flexibility index (Phi) is 9.92. The van der Waals surface area contributed by atoms with E-state index >= 15 is 0 Å². The van der Waals surface area contributed by atoms with Crippen LogP contribution < -0.4 is 27.4 Å². The molecule has 0 saturated carbocycles. The van der Waals surface area contributed by atoms with Gasteiger partial charge in [-0.25, -0.2) is 0 Å². The van der Waals surface area contributed by atoms with Crippen molar-refractivity contribution in [2.24, 2.45) is 11.5 Å². The van der Waals surface area contributed by atoms with E-state index in [0.717, 1.165) is 0 Å². The largest absolute Gasteiger partial charge is 0.480 e. The molecule has 154 valence electrons. The Bertz CT molecular complexity index is 582. The second-order valence-corrected chi connectivity index (χ2v) is 5.82. The minimum absolute atomic E-state index is 0.491. The second kappa shape index (κ2) is 11.1. The van der Waals surface area contributed by atoms with Gasteiger partial charge in [-0.1, -0.05) is 0 Å². The van der Waals surface area contributed by atoms with E-state index in [1.54, 1.807) is 0 Å². The van der Waals surface area contributed by atoms with E-state index in [1.165, 1.54) is 13.8 Å². The van der Waals surface area contributed by atoms with Crippen LogP contribution in [0.1, 0.15) is 20.3 Å². The molecular weight excluding hydrogens is 366 g/mol. The van der Waals surface area contributed by atoms with Crippen molar-refractivity contribution in [1.29, 1.82) is 0 Å². The van der Waals surface area contributed by atoms with Gasteiger partial charge < -0.3 is 42.7 Å². The Labute approximate surface area is 154 Å². The zero-order valence-electron chi connectivity index (χ0n) is 14.8. The molecule has 0 aromatic carbocycles. The first-order valence-corrected chi connectivity index (χ1v) is 7.87. The molecule has 27 heavy (non-hydrogen) atoms. The molecule has 13 heteroatoms. The number of nitrogens with one attached hydrogen (secondary N) is 3. The quantitative estimate of drug-likeness (QED) is 0.168. The van der Waals surface area contributed by atoms with Crippen LogP contribution in [0.4, 0.5) is 0 Å². The summed E-state index contributed by atoms with van der Waals surface area (Å²) in [6.45, 7) is 1.48. The predicted molar refractivity (Wildman–Crippen MR) is 89.7 cm³/mol. The van der Waals surface area contributed by atoms with Gasteiger partial charge in [-0.2, -0.15) is 0 Å². The summed E-state index contributed by atoms with van der Waals surface area (Å²) in [5.74, 6) is -5.15. The molecule has 0 saturated heterocycles. The lowest BCUT2D eigenvalue weighted by atomic mass is 10.1. The maximum Gasteiger partial charge on any atom is 0.325 e. The highest BCUT2D eigenvalue weighted by Crippen LogP contribution is 1.98. The van der Waals surface area contributed by atoms with Crippen LogP contribution in [-0.4, -0.2) is 81.8 Å². The standard InChI is InChI=1S/C14H25N5O8/c1-5(14(26)27)17-12(24)8(4-20)18-13(25)10(6(2)21)19-11(23)7(15)3-9(16)22/h5-8,10,20-21H,3-4,15H2,1-2H3,(H2,16,22)(H,17,24)(H,18,25)(H,19,23)(H,26,27). The van der Waals surface area contributed by atoms with Crippen molar-refractivity contribution < 1.29 is 39.3 Å². The zero-order chi connectivity index (χ0) is 21.3. The fourth-order valence-electron chi connectivity index (χ4n) is 1.81. The Morgan fingerprint density at radius 1 is 0.963 bits per heavy atom. The molecule has 0 aliphatic carbocycles. The third-order valence-electron chi connectivity index (χ3n) is 3.37. The number of nitrogens with two attached hydrogens (primary N) is 2. The summed E-state index contributed by atoms with van der Waals surface area (Å²) in [5.41, 5.74) is 10.4. The van der Waals surface area contributed by atoms with Gasteiger partial charge in [0.2, 0.25) is 23.6 Å². The van der Waals surface area contributed by atoms with Crippen LogP contribution in [0.3, 0.4) is 0 Å². The van der Waals surface area contributed by atoms with Crippen LogP contribution in [-0.2, 0) is 24.0 Å². The van der Waals surface area contributed by atoms with Gasteiger partial charge in [-0.05, 0) is 13.8 Å². The summed E-state index contributed by atoms with van der Waals surface area (Å²) in [5, 5.41) is 33.9. The van der Waals surface area contributed by atoms with Gasteiger partial charge >= 0.3 is 5.97 Å². The monoisotopic (exact) mass is 391 g/mol. The molecule has 0 aromatic rings. The smallest absolute Gasteiger partial charge is 0.325 e. The van der Waals surface area contributed by atoms with Gasteiger partial charge in [0.15, 0.2) is 0 Å². The van der Waals surface area contributed by atoms with Gasteiger partial charge in [0.05, 0.1) is 25.2 Å². The molecule has 0 radical (unpaired) electrons. The maximum absolute atomic E-state index is 12.2. The third-order valence-corrected chi connectivity index (χ3v) is 3.37. The number of carboxylic acid groups (broad SMARTS) is 1. The fraction of sp³-hybridized carbons (Fsp3) is 0.643. The molecule has 5 unspecified atom stereocenters. The second-order valence-electron chi connectivity index (χ2n) is 5.82. The number of hydrogen-bond acceptors (Lipinski definition) is 8. The Balaban J connectivity index is 5.04. The lowest BCUT2D eigenvalue weighted by Crippen LogP contribution is -2.60. The summed E-state index contributed by atoms with van der Waals surface area (Å²) >= 11 is 0. The molecule has 0 rings (SSSR count). The highest BCUT2D eigenvalue weighted by atomic mass is 16.4.